The van der Waals surface area contributed by atoms with E-state index >= 15 is 0 Å². The predicted molar refractivity (Wildman–Crippen MR) is 76.1 cm³/mol. The minimum absolute atomic E-state index is 0. The number of hydrogen-bond donors (Lipinski definition) is 1. The van der Waals surface area contributed by atoms with E-state index in [1.165, 1.54) is 0 Å². The van der Waals surface area contributed by atoms with Gasteiger partial charge in [0.15, 0.2) is 0 Å². The maximum Gasteiger partial charge on any atom is 1.00 e. The van der Waals surface area contributed by atoms with Gasteiger partial charge in [0.1, 0.15) is 4.75 Å². The molecule has 0 fully saturated rings. The van der Waals surface area contributed by atoms with E-state index in [1.54, 1.807) is 0 Å². The van der Waals surface area contributed by atoms with E-state index in [4.69, 9.17) is 0 Å². The molecule has 7 nitrogen and oxygen atoms in total. The number of rotatable bonds is 12. The van der Waals surface area contributed by atoms with Crippen LogP contribution < -0.4 is 69.3 Å². The van der Waals surface area contributed by atoms with E-state index in [2.05, 4.69) is 0 Å². The Morgan fingerprint density at radius 3 is 1.79 bits per heavy atom. The van der Waals surface area contributed by atoms with Gasteiger partial charge in [-0.05, 0) is 12.8 Å². The smallest absolute Gasteiger partial charge is 0.550 e. The molecule has 0 saturated carbocycles. The maximum atomic E-state index is 11.7. The molecule has 0 aromatic rings. The number of carboxylic acid groups (broad SMARTS) is 2. The molecule has 0 saturated heterocycles. The molecule has 0 aliphatic rings. The van der Waals surface area contributed by atoms with Crippen LogP contribution in [-0.2, 0) is 19.7 Å². The minimum Gasteiger partial charge on any atom is -0.550 e. The molecule has 0 heterocycles. The van der Waals surface area contributed by atoms with Gasteiger partial charge in [-0.15, -0.1) is 0 Å². The molecule has 0 radical (unpaired) electrons. The van der Waals surface area contributed by atoms with Crippen LogP contribution in [-0.4, -0.2) is 29.7 Å². The number of carbonyl (C=O) groups is 2. The van der Waals surface area contributed by atoms with Crippen molar-refractivity contribution < 1.29 is 91.9 Å². The first-order valence-corrected chi connectivity index (χ1v) is 8.98. The second-order valence-corrected chi connectivity index (χ2v) is 7.16. The van der Waals surface area contributed by atoms with Crippen molar-refractivity contribution >= 4 is 22.1 Å². The number of carbonyl (C=O) groups excluding carboxylic acids is 2. The fourth-order valence-electron chi connectivity index (χ4n) is 2.61. The second-order valence-electron chi connectivity index (χ2n) is 5.48. The molecular weight excluding hydrogens is 358 g/mol. The summed E-state index contributed by atoms with van der Waals surface area (Å²) in [6, 6.07) is 0. The van der Waals surface area contributed by atoms with Crippen LogP contribution in [0.1, 0.15) is 65.2 Å². The van der Waals surface area contributed by atoms with Gasteiger partial charge >= 0.3 is 59.1 Å². The molecule has 1 N–H and O–H groups in total. The maximum absolute atomic E-state index is 11.7. The Balaban J connectivity index is -0.00000220. The Hall–Kier alpha value is 0.850. The zero-order chi connectivity index (χ0) is 17.4. The monoisotopic (exact) mass is 382 g/mol. The summed E-state index contributed by atoms with van der Waals surface area (Å²) in [5, 5.41) is 22.8. The zero-order valence-electron chi connectivity index (χ0n) is 15.0. The topological polar surface area (TPSA) is 135 Å². The molecule has 0 aromatic carbocycles. The SMILES string of the molecule is CCCCCC(C(=O)[O-])C(CCCCC)(C(=O)[O-])S(=O)(=O)O.[Na+].[Na+]. The quantitative estimate of drug-likeness (QED) is 0.202. The van der Waals surface area contributed by atoms with E-state index in [1.807, 2.05) is 13.8 Å². The van der Waals surface area contributed by atoms with Crippen LogP contribution in [0.2, 0.25) is 0 Å². The third-order valence-electron chi connectivity index (χ3n) is 3.90. The second kappa shape index (κ2) is 14.0. The van der Waals surface area contributed by atoms with E-state index < -0.39 is 39.1 Å². The minimum atomic E-state index is -5.17. The van der Waals surface area contributed by atoms with Gasteiger partial charge in [-0.25, -0.2) is 0 Å². The summed E-state index contributed by atoms with van der Waals surface area (Å²) >= 11 is 0. The van der Waals surface area contributed by atoms with Gasteiger partial charge in [0, 0.05) is 11.9 Å². The Morgan fingerprint density at radius 2 is 1.46 bits per heavy atom. The van der Waals surface area contributed by atoms with E-state index in [0.29, 0.717) is 25.7 Å². The molecule has 2 unspecified atom stereocenters. The van der Waals surface area contributed by atoms with E-state index in [9.17, 15) is 32.8 Å². The molecule has 24 heavy (non-hydrogen) atoms. The van der Waals surface area contributed by atoms with Crippen LogP contribution in [0.5, 0.6) is 0 Å². The van der Waals surface area contributed by atoms with Crippen molar-refractivity contribution in [3.05, 3.63) is 0 Å². The van der Waals surface area contributed by atoms with E-state index in [0.717, 1.165) is 6.42 Å². The summed E-state index contributed by atoms with van der Waals surface area (Å²) in [5.41, 5.74) is 0. The van der Waals surface area contributed by atoms with Crippen molar-refractivity contribution in [3.63, 3.8) is 0 Å². The van der Waals surface area contributed by atoms with E-state index in [-0.39, 0.29) is 72.0 Å². The van der Waals surface area contributed by atoms with Crippen LogP contribution in [0.4, 0.5) is 0 Å². The van der Waals surface area contributed by atoms with Gasteiger partial charge < -0.3 is 19.8 Å². The van der Waals surface area contributed by atoms with Crippen LogP contribution in [0.3, 0.4) is 0 Å². The number of hydrogen-bond acceptors (Lipinski definition) is 6. The summed E-state index contributed by atoms with van der Waals surface area (Å²) in [6.45, 7) is 3.69. The largest absolute Gasteiger partial charge is 1.00 e. The van der Waals surface area contributed by atoms with Crippen molar-refractivity contribution in [1.29, 1.82) is 0 Å². The van der Waals surface area contributed by atoms with Gasteiger partial charge in [-0.3, -0.25) is 4.55 Å². The molecule has 10 heteroatoms. The first-order valence-electron chi connectivity index (χ1n) is 7.54. The zero-order valence-corrected chi connectivity index (χ0v) is 19.9. The fraction of sp³-hybridized carbons (Fsp3) is 0.857. The van der Waals surface area contributed by atoms with Crippen molar-refractivity contribution in [2.45, 2.75) is 70.0 Å². The molecule has 2 atom stereocenters. The Bertz CT molecular complexity index is 482. The first-order chi connectivity index (χ1) is 10.1. The molecule has 0 spiro atoms. The predicted octanol–water partition coefficient (Wildman–Crippen LogP) is -6.10. The van der Waals surface area contributed by atoms with Gasteiger partial charge in [-0.1, -0.05) is 52.4 Å². The summed E-state index contributed by atoms with van der Waals surface area (Å²) in [7, 11) is -5.17. The van der Waals surface area contributed by atoms with Gasteiger partial charge in [0.2, 0.25) is 0 Å². The Morgan fingerprint density at radius 1 is 1.00 bits per heavy atom. The summed E-state index contributed by atoms with van der Waals surface area (Å²) in [5.74, 6) is -5.72. The average Bonchev–Trinajstić information content (AvgIpc) is 2.38. The fourth-order valence-corrected chi connectivity index (χ4v) is 3.80. The van der Waals surface area contributed by atoms with Crippen molar-refractivity contribution in [2.24, 2.45) is 5.92 Å². The van der Waals surface area contributed by atoms with Gasteiger partial charge in [0.05, 0.1) is 5.97 Å². The molecule has 0 aromatic heterocycles. The summed E-state index contributed by atoms with van der Waals surface area (Å²) in [4.78, 5) is 22.8. The molecule has 0 rings (SSSR count). The number of aliphatic carboxylic acids is 2. The standard InChI is InChI=1S/C14H26O7S.2Na/c1-3-5-7-9-11(12(15)16)14(13(17)18,22(19,20)21)10-8-6-4-2;;/h11H,3-10H2,1-2H3,(H,15,16)(H,17,18)(H,19,20,21);;/q;2*+1/p-2. The van der Waals surface area contributed by atoms with Crippen LogP contribution in [0.25, 0.3) is 0 Å². The normalized spacial score (nSPS) is 14.6. The third kappa shape index (κ3) is 8.03. The van der Waals surface area contributed by atoms with Gasteiger partial charge in [0.25, 0.3) is 10.1 Å². The molecule has 0 amide bonds. The molecule has 130 valence electrons. The number of carboxylic acids is 2. The Kier molecular flexibility index (Phi) is 17.2. The van der Waals surface area contributed by atoms with Crippen LogP contribution in [0, 0.1) is 5.92 Å². The molecule has 0 aliphatic carbocycles. The van der Waals surface area contributed by atoms with Crippen molar-refractivity contribution in [1.82, 2.24) is 0 Å². The van der Waals surface area contributed by atoms with Crippen LogP contribution in [0.15, 0.2) is 0 Å². The molecule has 0 bridgehead atoms. The van der Waals surface area contributed by atoms with Crippen molar-refractivity contribution in [3.8, 4) is 0 Å². The van der Waals surface area contributed by atoms with Gasteiger partial charge in [-0.2, -0.15) is 8.42 Å². The molecular formula is C14H24Na2O7S. The third-order valence-corrected chi connectivity index (χ3v) is 5.48. The van der Waals surface area contributed by atoms with Crippen molar-refractivity contribution in [2.75, 3.05) is 0 Å². The molecule has 0 aliphatic heterocycles. The van der Waals surface area contributed by atoms with Crippen LogP contribution >= 0.6 is 0 Å². The Labute approximate surface area is 188 Å². The number of unbranched alkanes of at least 4 members (excludes halogenated alkanes) is 4. The summed E-state index contributed by atoms with van der Waals surface area (Å²) in [6.07, 6.45) is 2.34. The summed E-state index contributed by atoms with van der Waals surface area (Å²) < 4.78 is 30.0. The first kappa shape index (κ1) is 29.6. The average molecular weight is 382 g/mol.